The van der Waals surface area contributed by atoms with Crippen LogP contribution in [0.4, 0.5) is 29.4 Å². The Balaban J connectivity index is 0.972. The molecule has 3 aromatic heterocycles. The zero-order chi connectivity index (χ0) is 40.8. The van der Waals surface area contributed by atoms with Crippen LogP contribution >= 0.6 is 0 Å². The zero-order valence-electron chi connectivity index (χ0n) is 33.9. The summed E-state index contributed by atoms with van der Waals surface area (Å²) < 4.78 is 16.5. The molecule has 3 aromatic carbocycles. The molecule has 0 spiro atoms. The molecule has 2 saturated heterocycles. The molecule has 3 aliphatic heterocycles. The first kappa shape index (κ1) is 38.6. The van der Waals surface area contributed by atoms with Crippen molar-refractivity contribution in [1.29, 1.82) is 0 Å². The molecule has 0 atom stereocenters. The molecule has 0 radical (unpaired) electrons. The summed E-state index contributed by atoms with van der Waals surface area (Å²) >= 11 is 0. The molecule has 0 bridgehead atoms. The number of benzene rings is 3. The Morgan fingerprint density at radius 1 is 0.683 bits per heavy atom. The fraction of sp³-hybridized carbons (Fsp3) is 0.311. The van der Waals surface area contributed by atoms with Crippen molar-refractivity contribution < 1.29 is 19.0 Å². The fourth-order valence-electron chi connectivity index (χ4n) is 7.88. The number of fused-ring (bicyclic) bond motifs is 1. The molecule has 0 N–H and O–H groups in total. The lowest BCUT2D eigenvalue weighted by Crippen LogP contribution is -2.49. The molecular weight excluding hydrogens is 759 g/mol. The predicted molar refractivity (Wildman–Crippen MR) is 229 cm³/mol. The first-order valence-electron chi connectivity index (χ1n) is 20.3. The maximum atomic E-state index is 13.6. The van der Waals surface area contributed by atoms with E-state index in [1.54, 1.807) is 26.6 Å². The molecule has 6 aromatic rings. The molecule has 0 saturated carbocycles. The first-order chi connectivity index (χ1) is 29.5. The molecule has 0 aliphatic carbocycles. The molecule has 15 nitrogen and oxygen atoms in total. The van der Waals surface area contributed by atoms with Crippen molar-refractivity contribution in [3.63, 3.8) is 0 Å². The van der Waals surface area contributed by atoms with Gasteiger partial charge in [-0.05, 0) is 72.1 Å². The number of hydrogen-bond acceptors (Lipinski definition) is 14. The fourth-order valence-corrected chi connectivity index (χ4v) is 7.88. The van der Waals surface area contributed by atoms with Gasteiger partial charge in [-0.25, -0.2) is 24.9 Å². The highest BCUT2D eigenvalue weighted by Crippen LogP contribution is 2.39. The van der Waals surface area contributed by atoms with Crippen molar-refractivity contribution in [1.82, 2.24) is 34.8 Å². The summed E-state index contributed by atoms with van der Waals surface area (Å²) in [4.78, 5) is 53.2. The van der Waals surface area contributed by atoms with Crippen LogP contribution in [0.3, 0.4) is 0 Å². The van der Waals surface area contributed by atoms with Crippen LogP contribution in [0.2, 0.25) is 0 Å². The van der Waals surface area contributed by atoms with E-state index in [2.05, 4.69) is 53.8 Å². The highest BCUT2D eigenvalue weighted by atomic mass is 16.5. The molecule has 2 fully saturated rings. The lowest BCUT2D eigenvalue weighted by atomic mass is 10.1. The van der Waals surface area contributed by atoms with Crippen molar-refractivity contribution in [2.24, 2.45) is 0 Å². The van der Waals surface area contributed by atoms with Gasteiger partial charge in [-0.15, -0.1) is 0 Å². The van der Waals surface area contributed by atoms with E-state index < -0.39 is 0 Å². The third-order valence-corrected chi connectivity index (χ3v) is 11.2. The second-order valence-electron chi connectivity index (χ2n) is 14.9. The van der Waals surface area contributed by atoms with Crippen LogP contribution in [-0.4, -0.2) is 114 Å². The maximum absolute atomic E-state index is 13.6. The minimum atomic E-state index is 0.0197. The predicted octanol–water partition coefficient (Wildman–Crippen LogP) is 5.44. The zero-order valence-corrected chi connectivity index (χ0v) is 33.9. The Morgan fingerprint density at radius 2 is 1.28 bits per heavy atom. The molecule has 0 unspecified atom stereocenters. The van der Waals surface area contributed by atoms with Gasteiger partial charge < -0.3 is 38.7 Å². The Morgan fingerprint density at radius 3 is 1.88 bits per heavy atom. The van der Waals surface area contributed by atoms with Crippen LogP contribution in [0.1, 0.15) is 27.0 Å². The van der Waals surface area contributed by atoms with Gasteiger partial charge in [-0.2, -0.15) is 4.98 Å². The standard InChI is InChI=1S/C45H47N11O4/c1-58-37-12-4-32(5-13-37)30-55(31-33-6-14-38(59-2)15-7-33)44-48-28-35(29-49-44)40-39-16-19-56(41(39)51-45(50-40)54-24-26-60-27-25-54)36-10-8-34(9-11-36)42(57)52-20-22-53(23-21-52)43-46-17-3-18-47-43/h3-15,17-18,28-29H,16,19-27,30-31H2,1-2H3. The van der Waals surface area contributed by atoms with Gasteiger partial charge in [0.15, 0.2) is 0 Å². The summed E-state index contributed by atoms with van der Waals surface area (Å²) in [5, 5.41) is 0. The average Bonchev–Trinajstić information content (AvgIpc) is 3.76. The van der Waals surface area contributed by atoms with Gasteiger partial charge in [0.25, 0.3) is 5.91 Å². The van der Waals surface area contributed by atoms with Crippen LogP contribution in [-0.2, 0) is 24.2 Å². The summed E-state index contributed by atoms with van der Waals surface area (Å²) in [5.74, 6) is 4.43. The topological polar surface area (TPSA) is 138 Å². The summed E-state index contributed by atoms with van der Waals surface area (Å²) in [5.41, 5.74) is 6.52. The van der Waals surface area contributed by atoms with Gasteiger partial charge in [0.05, 0.1) is 33.1 Å². The van der Waals surface area contributed by atoms with Gasteiger partial charge in [0.1, 0.15) is 17.3 Å². The van der Waals surface area contributed by atoms with Gasteiger partial charge in [-0.3, -0.25) is 4.79 Å². The van der Waals surface area contributed by atoms with Gasteiger partial charge in [0.2, 0.25) is 17.8 Å². The Hall–Kier alpha value is -6.87. The number of aromatic nitrogens is 6. The van der Waals surface area contributed by atoms with E-state index in [1.165, 1.54) is 0 Å². The summed E-state index contributed by atoms with van der Waals surface area (Å²) in [6.07, 6.45) is 7.98. The van der Waals surface area contributed by atoms with Gasteiger partial charge in [0, 0.05) is 106 Å². The van der Waals surface area contributed by atoms with Crippen molar-refractivity contribution in [2.75, 3.05) is 92.8 Å². The second-order valence-corrected chi connectivity index (χ2v) is 14.9. The van der Waals surface area contributed by atoms with E-state index in [0.717, 1.165) is 63.9 Å². The average molecular weight is 806 g/mol. The molecule has 306 valence electrons. The number of amides is 1. The third-order valence-electron chi connectivity index (χ3n) is 11.2. The molecule has 3 aliphatic rings. The molecule has 1 amide bonds. The number of piperazine rings is 1. The monoisotopic (exact) mass is 805 g/mol. The Bertz CT molecular complexity index is 2320. The van der Waals surface area contributed by atoms with Crippen LogP contribution in [0.15, 0.2) is 104 Å². The maximum Gasteiger partial charge on any atom is 0.253 e. The van der Waals surface area contributed by atoms with Crippen LogP contribution < -0.4 is 29.1 Å². The highest BCUT2D eigenvalue weighted by Gasteiger charge is 2.30. The van der Waals surface area contributed by atoms with Crippen molar-refractivity contribution in [2.45, 2.75) is 19.5 Å². The van der Waals surface area contributed by atoms with Crippen LogP contribution in [0.5, 0.6) is 11.5 Å². The largest absolute Gasteiger partial charge is 0.497 e. The van der Waals surface area contributed by atoms with Crippen molar-refractivity contribution >= 4 is 35.3 Å². The highest BCUT2D eigenvalue weighted by molar-refractivity contribution is 5.95. The van der Waals surface area contributed by atoms with E-state index in [0.29, 0.717) is 89.0 Å². The summed E-state index contributed by atoms with van der Waals surface area (Å²) in [6, 6.07) is 25.8. The number of methoxy groups -OCH3 is 2. The number of ether oxygens (including phenoxy) is 3. The Labute approximate surface area is 349 Å². The number of morpholine rings is 1. The molecule has 15 heteroatoms. The third kappa shape index (κ3) is 8.34. The van der Waals surface area contributed by atoms with E-state index in [9.17, 15) is 4.79 Å². The molecular formula is C45H47N11O4. The number of carbonyl (C=O) groups is 1. The van der Waals surface area contributed by atoms with E-state index >= 15 is 0 Å². The van der Waals surface area contributed by atoms with Crippen molar-refractivity contribution in [3.05, 3.63) is 126 Å². The minimum absolute atomic E-state index is 0.0197. The summed E-state index contributed by atoms with van der Waals surface area (Å²) in [7, 11) is 3.34. The first-order valence-corrected chi connectivity index (χ1v) is 20.3. The van der Waals surface area contributed by atoms with Crippen LogP contribution in [0.25, 0.3) is 11.3 Å². The quantitative estimate of drug-likeness (QED) is 0.155. The number of hydrogen-bond donors (Lipinski definition) is 0. The van der Waals surface area contributed by atoms with Gasteiger partial charge >= 0.3 is 0 Å². The van der Waals surface area contributed by atoms with E-state index in [4.69, 9.17) is 34.1 Å². The molecule has 9 rings (SSSR count). The number of anilines is 5. The lowest BCUT2D eigenvalue weighted by Gasteiger charge is -2.34. The van der Waals surface area contributed by atoms with E-state index in [-0.39, 0.29) is 5.91 Å². The molecule has 6 heterocycles. The summed E-state index contributed by atoms with van der Waals surface area (Å²) in [6.45, 7) is 7.12. The minimum Gasteiger partial charge on any atom is -0.497 e. The van der Waals surface area contributed by atoms with Crippen LogP contribution in [0, 0.1) is 0 Å². The number of rotatable bonds is 12. The lowest BCUT2D eigenvalue weighted by molar-refractivity contribution is 0.0746. The van der Waals surface area contributed by atoms with E-state index in [1.807, 2.05) is 71.9 Å². The van der Waals surface area contributed by atoms with Gasteiger partial charge in [-0.1, -0.05) is 24.3 Å². The normalized spacial score (nSPS) is 15.2. The number of nitrogens with zero attached hydrogens (tertiary/aromatic N) is 11. The number of carbonyl (C=O) groups excluding carboxylic acids is 1. The smallest absolute Gasteiger partial charge is 0.253 e. The second kappa shape index (κ2) is 17.5. The Kier molecular flexibility index (Phi) is 11.3. The van der Waals surface area contributed by atoms with Crippen molar-refractivity contribution in [3.8, 4) is 22.8 Å². The SMILES string of the molecule is COc1ccc(CN(Cc2ccc(OC)cc2)c2ncc(-c3nc(N4CCOCC4)nc4c3CCN4c3ccc(C(=O)N4CCN(c5ncccn5)CC4)cc3)cn2)cc1. The molecule has 60 heavy (non-hydrogen) atoms.